The van der Waals surface area contributed by atoms with E-state index in [4.69, 9.17) is 0 Å². The second-order valence-corrected chi connectivity index (χ2v) is 9.48. The van der Waals surface area contributed by atoms with Crippen LogP contribution in [0.5, 0.6) is 0 Å². The lowest BCUT2D eigenvalue weighted by Crippen LogP contribution is -2.52. The molecule has 0 aromatic heterocycles. The first-order valence-corrected chi connectivity index (χ1v) is 11.3. The normalized spacial score (nSPS) is 22.5. The molecule has 2 aliphatic rings. The summed E-state index contributed by atoms with van der Waals surface area (Å²) in [5.74, 6) is 0.962. The van der Waals surface area contributed by atoms with Crippen molar-refractivity contribution in [3.63, 3.8) is 0 Å². The fraction of sp³-hybridized carbons (Fsp3) is 0.708. The fourth-order valence-corrected chi connectivity index (χ4v) is 4.94. The molecule has 0 saturated carbocycles. The van der Waals surface area contributed by atoms with Crippen LogP contribution in [0.3, 0.4) is 0 Å². The molecule has 1 amide bonds. The van der Waals surface area contributed by atoms with E-state index in [2.05, 4.69) is 54.1 Å². The van der Waals surface area contributed by atoms with Crippen molar-refractivity contribution >= 4 is 11.6 Å². The topological polar surface area (TPSA) is 35.6 Å². The molecule has 4 heteroatoms. The smallest absolute Gasteiger partial charge is 0.234 e. The molecule has 4 nitrogen and oxygen atoms in total. The first-order valence-electron chi connectivity index (χ1n) is 11.3. The summed E-state index contributed by atoms with van der Waals surface area (Å²) in [6.45, 7) is 16.7. The minimum atomic E-state index is -0.426. The molecule has 2 heterocycles. The number of hydrogen-bond acceptors (Lipinski definition) is 3. The van der Waals surface area contributed by atoms with Gasteiger partial charge in [-0.1, -0.05) is 38.8 Å². The lowest BCUT2D eigenvalue weighted by atomic mass is 9.85. The SMILES string of the molecule is CCCC(CCC)CN1CCN(Cc2ccc3c(c2)C(C)(C)C(=O)N3)CC1C. The number of carbonyl (C=O) groups is 1. The van der Waals surface area contributed by atoms with E-state index in [0.717, 1.165) is 36.8 Å². The maximum absolute atomic E-state index is 12.2. The van der Waals surface area contributed by atoms with Crippen LogP contribution in [0.2, 0.25) is 0 Å². The first kappa shape index (κ1) is 21.3. The molecule has 1 saturated heterocycles. The molecule has 1 N–H and O–H groups in total. The summed E-state index contributed by atoms with van der Waals surface area (Å²) in [5, 5.41) is 3.01. The van der Waals surface area contributed by atoms with Gasteiger partial charge in [0, 0.05) is 44.5 Å². The van der Waals surface area contributed by atoms with E-state index >= 15 is 0 Å². The summed E-state index contributed by atoms with van der Waals surface area (Å²) in [6, 6.07) is 7.11. The third kappa shape index (κ3) is 4.60. The second-order valence-electron chi connectivity index (χ2n) is 9.48. The van der Waals surface area contributed by atoms with Crippen LogP contribution in [0.15, 0.2) is 18.2 Å². The van der Waals surface area contributed by atoms with E-state index < -0.39 is 5.41 Å². The number of carbonyl (C=O) groups excluding carboxylic acids is 1. The van der Waals surface area contributed by atoms with Crippen LogP contribution in [0.4, 0.5) is 5.69 Å². The van der Waals surface area contributed by atoms with Crippen LogP contribution < -0.4 is 5.32 Å². The highest BCUT2D eigenvalue weighted by atomic mass is 16.2. The largest absolute Gasteiger partial charge is 0.325 e. The molecule has 1 unspecified atom stereocenters. The molecule has 1 aromatic carbocycles. The van der Waals surface area contributed by atoms with Crippen LogP contribution in [0.25, 0.3) is 0 Å². The Bertz CT molecular complexity index is 678. The molecule has 0 aliphatic carbocycles. The summed E-state index contributed by atoms with van der Waals surface area (Å²) in [7, 11) is 0. The zero-order valence-corrected chi connectivity index (χ0v) is 18.6. The van der Waals surface area contributed by atoms with E-state index in [-0.39, 0.29) is 5.91 Å². The first-order chi connectivity index (χ1) is 13.3. The molecule has 3 rings (SSSR count). The molecule has 1 aromatic rings. The highest BCUT2D eigenvalue weighted by Crippen LogP contribution is 2.37. The van der Waals surface area contributed by atoms with Gasteiger partial charge < -0.3 is 5.32 Å². The van der Waals surface area contributed by atoms with Gasteiger partial charge in [0.25, 0.3) is 0 Å². The molecule has 2 aliphatic heterocycles. The Morgan fingerprint density at radius 2 is 1.89 bits per heavy atom. The Labute approximate surface area is 171 Å². The number of benzene rings is 1. The predicted octanol–water partition coefficient (Wildman–Crippen LogP) is 4.64. The van der Waals surface area contributed by atoms with Gasteiger partial charge in [-0.25, -0.2) is 0 Å². The highest BCUT2D eigenvalue weighted by molar-refractivity contribution is 6.05. The third-order valence-corrected chi connectivity index (χ3v) is 6.72. The number of anilines is 1. The fourth-order valence-electron chi connectivity index (χ4n) is 4.94. The van der Waals surface area contributed by atoms with Crippen molar-refractivity contribution in [1.82, 2.24) is 9.80 Å². The van der Waals surface area contributed by atoms with Gasteiger partial charge in [-0.05, 0) is 56.7 Å². The zero-order valence-electron chi connectivity index (χ0n) is 18.6. The van der Waals surface area contributed by atoms with Crippen molar-refractivity contribution in [1.29, 1.82) is 0 Å². The summed E-state index contributed by atoms with van der Waals surface area (Å²) in [6.07, 6.45) is 5.31. The Morgan fingerprint density at radius 3 is 2.54 bits per heavy atom. The number of hydrogen-bond donors (Lipinski definition) is 1. The molecule has 1 atom stereocenters. The average molecular weight is 386 g/mol. The van der Waals surface area contributed by atoms with Crippen LogP contribution in [0, 0.1) is 5.92 Å². The maximum atomic E-state index is 12.2. The number of amides is 1. The lowest BCUT2D eigenvalue weighted by Gasteiger charge is -2.41. The van der Waals surface area contributed by atoms with Crippen LogP contribution >= 0.6 is 0 Å². The van der Waals surface area contributed by atoms with Crippen molar-refractivity contribution in [2.24, 2.45) is 5.92 Å². The number of fused-ring (bicyclic) bond motifs is 1. The lowest BCUT2D eigenvalue weighted by molar-refractivity contribution is -0.119. The average Bonchev–Trinajstić information content (AvgIpc) is 2.87. The van der Waals surface area contributed by atoms with Crippen molar-refractivity contribution in [3.05, 3.63) is 29.3 Å². The minimum absolute atomic E-state index is 0.107. The van der Waals surface area contributed by atoms with Gasteiger partial charge in [-0.3, -0.25) is 14.6 Å². The van der Waals surface area contributed by atoms with Gasteiger partial charge in [0.15, 0.2) is 0 Å². The molecule has 0 bridgehead atoms. The Kier molecular flexibility index (Phi) is 6.82. The highest BCUT2D eigenvalue weighted by Gasteiger charge is 2.38. The van der Waals surface area contributed by atoms with Gasteiger partial charge in [-0.2, -0.15) is 0 Å². The van der Waals surface area contributed by atoms with Crippen LogP contribution in [0.1, 0.15) is 71.4 Å². The molecule has 156 valence electrons. The third-order valence-electron chi connectivity index (χ3n) is 6.72. The van der Waals surface area contributed by atoms with Gasteiger partial charge in [0.1, 0.15) is 0 Å². The molecular weight excluding hydrogens is 346 g/mol. The van der Waals surface area contributed by atoms with Crippen LogP contribution in [-0.2, 0) is 16.8 Å². The summed E-state index contributed by atoms with van der Waals surface area (Å²) >= 11 is 0. The second kappa shape index (κ2) is 8.96. The predicted molar refractivity (Wildman–Crippen MR) is 118 cm³/mol. The number of nitrogens with zero attached hydrogens (tertiary/aromatic N) is 2. The van der Waals surface area contributed by atoms with E-state index in [9.17, 15) is 4.79 Å². The van der Waals surface area contributed by atoms with Gasteiger partial charge in [-0.15, -0.1) is 0 Å². The van der Waals surface area contributed by atoms with E-state index in [0.29, 0.717) is 6.04 Å². The minimum Gasteiger partial charge on any atom is -0.325 e. The zero-order chi connectivity index (χ0) is 20.3. The number of nitrogens with one attached hydrogen (secondary N) is 1. The molecular formula is C24H39N3O. The molecule has 0 radical (unpaired) electrons. The van der Waals surface area contributed by atoms with Crippen molar-refractivity contribution in [3.8, 4) is 0 Å². The van der Waals surface area contributed by atoms with E-state index in [1.807, 2.05) is 13.8 Å². The summed E-state index contributed by atoms with van der Waals surface area (Å²) in [4.78, 5) is 17.5. The van der Waals surface area contributed by atoms with Crippen LogP contribution in [-0.4, -0.2) is 47.9 Å². The maximum Gasteiger partial charge on any atom is 0.234 e. The van der Waals surface area contributed by atoms with Crippen molar-refractivity contribution in [2.45, 2.75) is 78.3 Å². The summed E-state index contributed by atoms with van der Waals surface area (Å²) < 4.78 is 0. The number of rotatable bonds is 8. The molecule has 1 fully saturated rings. The van der Waals surface area contributed by atoms with Gasteiger partial charge in [0.2, 0.25) is 5.91 Å². The van der Waals surface area contributed by atoms with Gasteiger partial charge in [0.05, 0.1) is 5.41 Å². The Balaban J connectivity index is 1.58. The number of piperazine rings is 1. The molecule has 28 heavy (non-hydrogen) atoms. The van der Waals surface area contributed by atoms with E-state index in [1.54, 1.807) is 0 Å². The standard InChI is InChI=1S/C24H39N3O/c1-6-8-19(9-7-2)17-27-13-12-26(15-18(27)3)16-20-10-11-22-21(14-20)24(4,5)23(28)25-22/h10-11,14,18-19H,6-9,12-13,15-17H2,1-5H3,(H,25,28). The van der Waals surface area contributed by atoms with Crippen molar-refractivity contribution in [2.75, 3.05) is 31.5 Å². The van der Waals surface area contributed by atoms with Crippen molar-refractivity contribution < 1.29 is 4.79 Å². The Hall–Kier alpha value is -1.39. The molecule has 0 spiro atoms. The van der Waals surface area contributed by atoms with Gasteiger partial charge >= 0.3 is 0 Å². The van der Waals surface area contributed by atoms with E-state index in [1.165, 1.54) is 44.3 Å². The Morgan fingerprint density at radius 1 is 1.18 bits per heavy atom. The quantitative estimate of drug-likeness (QED) is 0.708. The summed E-state index contributed by atoms with van der Waals surface area (Å²) in [5.41, 5.74) is 3.02. The monoisotopic (exact) mass is 385 g/mol.